The SMILES string of the molecule is NN/N=C(\N)c1ccc2noc(-c3cccc(C4CCN(CC5CC5)CC4)c3)c2c1. The van der Waals surface area contributed by atoms with Crippen molar-refractivity contribution in [1.29, 1.82) is 0 Å². The van der Waals surface area contributed by atoms with Crippen molar-refractivity contribution in [3.63, 3.8) is 0 Å². The minimum atomic E-state index is 0.318. The number of hydrogen-bond acceptors (Lipinski definition) is 6. The zero-order valence-electron chi connectivity index (χ0n) is 17.1. The number of piperidine rings is 1. The fourth-order valence-corrected chi connectivity index (χ4v) is 4.49. The van der Waals surface area contributed by atoms with Crippen LogP contribution in [0.25, 0.3) is 22.2 Å². The Balaban J connectivity index is 1.39. The summed E-state index contributed by atoms with van der Waals surface area (Å²) in [6.07, 6.45) is 5.29. The number of benzene rings is 2. The largest absolute Gasteiger partial charge is 0.382 e. The summed E-state index contributed by atoms with van der Waals surface area (Å²) in [5.41, 5.74) is 12.2. The van der Waals surface area contributed by atoms with Gasteiger partial charge in [-0.25, -0.2) is 11.4 Å². The predicted molar refractivity (Wildman–Crippen MR) is 119 cm³/mol. The highest BCUT2D eigenvalue weighted by molar-refractivity contribution is 6.02. The summed E-state index contributed by atoms with van der Waals surface area (Å²) in [7, 11) is 0. The van der Waals surface area contributed by atoms with Gasteiger partial charge in [-0.05, 0) is 80.4 Å². The van der Waals surface area contributed by atoms with Gasteiger partial charge in [0.25, 0.3) is 0 Å². The van der Waals surface area contributed by atoms with E-state index in [2.05, 4.69) is 45.0 Å². The first-order valence-electron chi connectivity index (χ1n) is 10.7. The molecular formula is C23H28N6O. The molecule has 0 spiro atoms. The Labute approximate surface area is 176 Å². The number of nitrogens with two attached hydrogens (primary N) is 2. The quantitative estimate of drug-likeness (QED) is 0.252. The van der Waals surface area contributed by atoms with E-state index in [1.807, 2.05) is 18.2 Å². The molecule has 0 radical (unpaired) electrons. The first kappa shape index (κ1) is 19.1. The van der Waals surface area contributed by atoms with Crippen LogP contribution in [0.15, 0.2) is 52.1 Å². The second kappa shape index (κ2) is 8.08. The molecule has 0 amide bonds. The van der Waals surface area contributed by atoms with Crippen LogP contribution in [0.5, 0.6) is 0 Å². The molecule has 1 aliphatic carbocycles. The topological polar surface area (TPSA) is 106 Å². The molecule has 30 heavy (non-hydrogen) atoms. The minimum Gasteiger partial charge on any atom is -0.382 e. The molecule has 1 saturated carbocycles. The number of rotatable bonds is 6. The number of nitrogens with one attached hydrogen (secondary N) is 1. The minimum absolute atomic E-state index is 0.318. The van der Waals surface area contributed by atoms with E-state index in [0.717, 1.165) is 33.7 Å². The van der Waals surface area contributed by atoms with Crippen molar-refractivity contribution in [2.45, 2.75) is 31.6 Å². The zero-order valence-corrected chi connectivity index (χ0v) is 17.1. The van der Waals surface area contributed by atoms with Crippen molar-refractivity contribution in [3.8, 4) is 11.3 Å². The van der Waals surface area contributed by atoms with Crippen molar-refractivity contribution in [2.75, 3.05) is 19.6 Å². The number of hydrogen-bond donors (Lipinski definition) is 3. The average molecular weight is 405 g/mol. The van der Waals surface area contributed by atoms with Gasteiger partial charge >= 0.3 is 0 Å². The molecule has 2 fully saturated rings. The smallest absolute Gasteiger partial charge is 0.174 e. The first-order chi connectivity index (χ1) is 14.7. The summed E-state index contributed by atoms with van der Waals surface area (Å²) in [5.74, 6) is 7.89. The summed E-state index contributed by atoms with van der Waals surface area (Å²) >= 11 is 0. The molecule has 0 bridgehead atoms. The number of aromatic nitrogens is 1. The molecule has 2 aromatic carbocycles. The van der Waals surface area contributed by atoms with Gasteiger partial charge in [-0.3, -0.25) is 0 Å². The van der Waals surface area contributed by atoms with Gasteiger partial charge in [-0.1, -0.05) is 23.4 Å². The lowest BCUT2D eigenvalue weighted by atomic mass is 9.88. The standard InChI is InChI=1S/C23H28N6O/c24-23(26-28-25)19-6-7-21-20(13-19)22(30-27-21)18-3-1-2-17(12-18)16-8-10-29(11-9-16)14-15-4-5-15/h1-3,6-7,12-13,15-16,28H,4-5,8-11,14,25H2,(H2,24,26). The maximum atomic E-state index is 5.97. The van der Waals surface area contributed by atoms with Crippen LogP contribution < -0.4 is 17.1 Å². The Morgan fingerprint density at radius 1 is 1.13 bits per heavy atom. The number of likely N-dealkylation sites (tertiary alicyclic amines) is 1. The molecule has 2 aliphatic rings. The second-order valence-corrected chi connectivity index (χ2v) is 8.51. The van der Waals surface area contributed by atoms with Crippen LogP contribution in [-0.2, 0) is 0 Å². The van der Waals surface area contributed by atoms with E-state index in [0.29, 0.717) is 11.8 Å². The van der Waals surface area contributed by atoms with Crippen LogP contribution in [0.3, 0.4) is 0 Å². The highest BCUT2D eigenvalue weighted by Crippen LogP contribution is 2.35. The monoisotopic (exact) mass is 404 g/mol. The van der Waals surface area contributed by atoms with E-state index >= 15 is 0 Å². The van der Waals surface area contributed by atoms with Gasteiger partial charge in [0.1, 0.15) is 5.52 Å². The normalized spacial score (nSPS) is 18.8. The van der Waals surface area contributed by atoms with Gasteiger partial charge in [0.2, 0.25) is 0 Å². The van der Waals surface area contributed by atoms with E-state index in [-0.39, 0.29) is 0 Å². The number of hydrazone groups is 1. The zero-order chi connectivity index (χ0) is 20.5. The Morgan fingerprint density at radius 3 is 2.73 bits per heavy atom. The van der Waals surface area contributed by atoms with Crippen LogP contribution in [0, 0.1) is 5.92 Å². The van der Waals surface area contributed by atoms with Gasteiger partial charge in [-0.15, -0.1) is 5.10 Å². The third-order valence-electron chi connectivity index (χ3n) is 6.38. The number of nitrogens with zero attached hydrogens (tertiary/aromatic N) is 3. The maximum Gasteiger partial charge on any atom is 0.174 e. The molecule has 5 N–H and O–H groups in total. The van der Waals surface area contributed by atoms with Gasteiger partial charge in [0.05, 0.1) is 5.39 Å². The summed E-state index contributed by atoms with van der Waals surface area (Å²) in [6.45, 7) is 3.70. The summed E-state index contributed by atoms with van der Waals surface area (Å²) in [6, 6.07) is 14.4. The third-order valence-corrected chi connectivity index (χ3v) is 6.38. The van der Waals surface area contributed by atoms with E-state index in [9.17, 15) is 0 Å². The number of amidine groups is 1. The molecule has 156 valence electrons. The van der Waals surface area contributed by atoms with Crippen molar-refractivity contribution < 1.29 is 4.52 Å². The van der Waals surface area contributed by atoms with E-state index in [4.69, 9.17) is 16.1 Å². The Bertz CT molecular complexity index is 1060. The van der Waals surface area contributed by atoms with Crippen molar-refractivity contribution >= 4 is 16.7 Å². The van der Waals surface area contributed by atoms with Crippen molar-refractivity contribution in [3.05, 3.63) is 53.6 Å². The highest BCUT2D eigenvalue weighted by atomic mass is 16.5. The highest BCUT2D eigenvalue weighted by Gasteiger charge is 2.27. The van der Waals surface area contributed by atoms with Crippen LogP contribution in [0.2, 0.25) is 0 Å². The fraction of sp³-hybridized carbons (Fsp3) is 0.391. The second-order valence-electron chi connectivity index (χ2n) is 8.51. The first-order valence-corrected chi connectivity index (χ1v) is 10.7. The lowest BCUT2D eigenvalue weighted by molar-refractivity contribution is 0.205. The molecule has 5 rings (SSSR count). The van der Waals surface area contributed by atoms with E-state index in [1.165, 1.54) is 50.9 Å². The molecule has 0 atom stereocenters. The number of fused-ring (bicyclic) bond motifs is 1. The molecule has 7 heteroatoms. The van der Waals surface area contributed by atoms with Crippen LogP contribution in [0.4, 0.5) is 0 Å². The summed E-state index contributed by atoms with van der Waals surface area (Å²) in [5, 5.41) is 9.00. The molecule has 1 aliphatic heterocycles. The average Bonchev–Trinajstić information content (AvgIpc) is 3.49. The van der Waals surface area contributed by atoms with E-state index in [1.54, 1.807) is 0 Å². The molecule has 1 saturated heterocycles. The Kier molecular flexibility index (Phi) is 5.14. The van der Waals surface area contributed by atoms with Gasteiger partial charge in [0.15, 0.2) is 11.6 Å². The summed E-state index contributed by atoms with van der Waals surface area (Å²) in [4.78, 5) is 2.64. The Morgan fingerprint density at radius 2 is 1.97 bits per heavy atom. The molecular weight excluding hydrogens is 376 g/mol. The summed E-state index contributed by atoms with van der Waals surface area (Å²) < 4.78 is 5.73. The van der Waals surface area contributed by atoms with Gasteiger partial charge < -0.3 is 15.2 Å². The van der Waals surface area contributed by atoms with Crippen LogP contribution in [0.1, 0.15) is 42.7 Å². The Hall–Kier alpha value is -2.90. The molecule has 0 unspecified atom stereocenters. The third kappa shape index (κ3) is 3.91. The number of hydrazine groups is 1. The van der Waals surface area contributed by atoms with Crippen molar-refractivity contribution in [2.24, 2.45) is 22.6 Å². The lowest BCUT2D eigenvalue weighted by Crippen LogP contribution is -2.34. The lowest BCUT2D eigenvalue weighted by Gasteiger charge is -2.32. The molecule has 2 heterocycles. The fourth-order valence-electron chi connectivity index (χ4n) is 4.49. The molecule has 1 aromatic heterocycles. The van der Waals surface area contributed by atoms with Crippen LogP contribution >= 0.6 is 0 Å². The molecule has 7 nitrogen and oxygen atoms in total. The predicted octanol–water partition coefficient (Wildman–Crippen LogP) is 3.17. The van der Waals surface area contributed by atoms with E-state index < -0.39 is 0 Å². The molecule has 3 aromatic rings. The van der Waals surface area contributed by atoms with Gasteiger partial charge in [0, 0.05) is 17.7 Å². The van der Waals surface area contributed by atoms with Gasteiger partial charge in [-0.2, -0.15) is 0 Å². The maximum absolute atomic E-state index is 5.97. The van der Waals surface area contributed by atoms with Crippen molar-refractivity contribution in [1.82, 2.24) is 15.6 Å². The van der Waals surface area contributed by atoms with Crippen LogP contribution in [-0.4, -0.2) is 35.5 Å².